The summed E-state index contributed by atoms with van der Waals surface area (Å²) in [6.45, 7) is 3.64. The van der Waals surface area contributed by atoms with Gasteiger partial charge in [-0.2, -0.15) is 0 Å². The predicted molar refractivity (Wildman–Crippen MR) is 146 cm³/mol. The molecular weight excluding hydrogens is 479 g/mol. The van der Waals surface area contributed by atoms with Gasteiger partial charge >= 0.3 is 0 Å². The molecule has 0 atom stereocenters. The standard InChI is InChI=1S/C32H35FN2O3/c1-2-10-38-11-9-34-32(37)21-7-5-20(6-8-21)25-16-27-26(15-24-22-13-23(24)14-22)28(31(36)12-19-3-4-19)18-35-30(27)17-29(25)33/h5-8,16-19,22-24H,2-4,9-15H2,1H3,(H,34,37). The van der Waals surface area contributed by atoms with E-state index in [1.807, 2.05) is 13.0 Å². The van der Waals surface area contributed by atoms with E-state index in [9.17, 15) is 9.59 Å². The van der Waals surface area contributed by atoms with Crippen molar-refractivity contribution in [2.45, 2.75) is 51.9 Å². The summed E-state index contributed by atoms with van der Waals surface area (Å²) < 4.78 is 20.7. The number of Topliss-reactive ketones (excluding diaryl/α,β-unsaturated/α-hetero) is 1. The first-order chi connectivity index (χ1) is 18.5. The van der Waals surface area contributed by atoms with Crippen LogP contribution in [0.4, 0.5) is 4.39 Å². The van der Waals surface area contributed by atoms with E-state index in [0.717, 1.165) is 54.0 Å². The topological polar surface area (TPSA) is 68.3 Å². The second-order valence-electron chi connectivity index (χ2n) is 11.4. The first kappa shape index (κ1) is 25.2. The number of fused-ring (bicyclic) bond motifs is 1. The Bertz CT molecular complexity index is 1350. The highest BCUT2D eigenvalue weighted by molar-refractivity contribution is 6.02. The van der Waals surface area contributed by atoms with Crippen LogP contribution in [0.1, 0.15) is 71.7 Å². The van der Waals surface area contributed by atoms with Gasteiger partial charge in [0.2, 0.25) is 0 Å². The highest BCUT2D eigenvalue weighted by Crippen LogP contribution is 2.60. The highest BCUT2D eigenvalue weighted by atomic mass is 19.1. The molecule has 4 fully saturated rings. The number of aromatic nitrogens is 1. The molecule has 5 nitrogen and oxygen atoms in total. The minimum absolute atomic E-state index is 0.172. The fourth-order valence-corrected chi connectivity index (χ4v) is 6.00. The number of hydrogen-bond donors (Lipinski definition) is 1. The van der Waals surface area contributed by atoms with Crippen LogP contribution in [0.15, 0.2) is 42.6 Å². The number of carbonyl (C=O) groups excluding carboxylic acids is 2. The average molecular weight is 515 g/mol. The number of carbonyl (C=O) groups is 2. The molecule has 4 aliphatic rings. The third-order valence-corrected chi connectivity index (χ3v) is 8.74. The minimum atomic E-state index is -0.357. The van der Waals surface area contributed by atoms with Gasteiger partial charge in [0.05, 0.1) is 12.1 Å². The van der Waals surface area contributed by atoms with Crippen LogP contribution in [-0.4, -0.2) is 36.4 Å². The Morgan fingerprint density at radius 2 is 1.84 bits per heavy atom. The van der Waals surface area contributed by atoms with E-state index in [2.05, 4.69) is 10.3 Å². The van der Waals surface area contributed by atoms with Crippen LogP contribution in [0.5, 0.6) is 0 Å². The first-order valence-corrected chi connectivity index (χ1v) is 14.1. The fourth-order valence-electron chi connectivity index (χ4n) is 6.00. The first-order valence-electron chi connectivity index (χ1n) is 14.1. The van der Waals surface area contributed by atoms with E-state index in [-0.39, 0.29) is 17.5 Å². The van der Waals surface area contributed by atoms with Gasteiger partial charge in [-0.25, -0.2) is 4.39 Å². The summed E-state index contributed by atoms with van der Waals surface area (Å²) in [7, 11) is 0. The van der Waals surface area contributed by atoms with Crippen LogP contribution in [0.2, 0.25) is 0 Å². The molecule has 0 spiro atoms. The maximum atomic E-state index is 15.3. The van der Waals surface area contributed by atoms with E-state index in [4.69, 9.17) is 4.74 Å². The Balaban J connectivity index is 1.28. The fraction of sp³-hybridized carbons (Fsp3) is 0.469. The lowest BCUT2D eigenvalue weighted by atomic mass is 9.47. The lowest BCUT2D eigenvalue weighted by molar-refractivity contribution is -0.0793. The minimum Gasteiger partial charge on any atom is -0.380 e. The van der Waals surface area contributed by atoms with E-state index in [0.29, 0.717) is 60.2 Å². The normalized spacial score (nSPS) is 21.6. The molecule has 0 saturated heterocycles. The number of ketones is 1. The highest BCUT2D eigenvalue weighted by Gasteiger charge is 2.52. The Morgan fingerprint density at radius 1 is 1.08 bits per heavy atom. The molecule has 198 valence electrons. The molecule has 38 heavy (non-hydrogen) atoms. The molecular formula is C32H35FN2O3. The van der Waals surface area contributed by atoms with E-state index in [1.54, 1.807) is 30.5 Å². The Labute approximate surface area is 223 Å². The largest absolute Gasteiger partial charge is 0.380 e. The molecule has 6 heteroatoms. The van der Waals surface area contributed by atoms with Gasteiger partial charge in [0.25, 0.3) is 5.91 Å². The van der Waals surface area contributed by atoms with E-state index < -0.39 is 0 Å². The van der Waals surface area contributed by atoms with Gasteiger partial charge < -0.3 is 10.1 Å². The maximum Gasteiger partial charge on any atom is 0.251 e. The lowest BCUT2D eigenvalue weighted by Gasteiger charge is -2.58. The third kappa shape index (κ3) is 4.98. The zero-order valence-electron chi connectivity index (χ0n) is 22.0. The quantitative estimate of drug-likeness (QED) is 0.225. The average Bonchev–Trinajstić information content (AvgIpc) is 3.69. The molecule has 0 unspecified atom stereocenters. The predicted octanol–water partition coefficient (Wildman–Crippen LogP) is 6.38. The van der Waals surface area contributed by atoms with Crippen molar-refractivity contribution in [3.8, 4) is 11.1 Å². The van der Waals surface area contributed by atoms with Gasteiger partial charge in [-0.1, -0.05) is 19.1 Å². The van der Waals surface area contributed by atoms with Crippen molar-refractivity contribution in [3.63, 3.8) is 0 Å². The van der Waals surface area contributed by atoms with Crippen molar-refractivity contribution in [1.29, 1.82) is 0 Å². The molecule has 4 aliphatic carbocycles. The summed E-state index contributed by atoms with van der Waals surface area (Å²) in [5.74, 6) is 2.31. The summed E-state index contributed by atoms with van der Waals surface area (Å²) >= 11 is 0. The molecule has 1 aromatic heterocycles. The van der Waals surface area contributed by atoms with Gasteiger partial charge in [-0.3, -0.25) is 14.6 Å². The second-order valence-corrected chi connectivity index (χ2v) is 11.4. The SMILES string of the molecule is CCCOCCNC(=O)c1ccc(-c2cc3c(CC4C5CC4C5)c(C(=O)CC4CC4)cnc3cc2F)cc1. The van der Waals surface area contributed by atoms with Crippen molar-refractivity contribution in [3.05, 3.63) is 65.1 Å². The number of rotatable bonds is 12. The molecule has 2 aromatic carbocycles. The maximum absolute atomic E-state index is 15.3. The van der Waals surface area contributed by atoms with Crippen LogP contribution in [0, 0.1) is 29.5 Å². The third-order valence-electron chi connectivity index (χ3n) is 8.74. The number of ether oxygens (including phenoxy) is 1. The summed E-state index contributed by atoms with van der Waals surface area (Å²) in [6.07, 6.45) is 8.96. The van der Waals surface area contributed by atoms with Gasteiger partial charge in [0.1, 0.15) is 5.82 Å². The molecule has 1 amide bonds. The second kappa shape index (κ2) is 10.6. The summed E-state index contributed by atoms with van der Waals surface area (Å²) in [6, 6.07) is 10.4. The van der Waals surface area contributed by atoms with Crippen LogP contribution in [0.3, 0.4) is 0 Å². The molecule has 3 aromatic rings. The van der Waals surface area contributed by atoms with Gasteiger partial charge in [0, 0.05) is 53.9 Å². The van der Waals surface area contributed by atoms with Crippen molar-refractivity contribution >= 4 is 22.6 Å². The van der Waals surface area contributed by atoms with Crippen LogP contribution >= 0.6 is 0 Å². The number of hydrogen-bond acceptors (Lipinski definition) is 4. The van der Waals surface area contributed by atoms with Crippen LogP contribution < -0.4 is 5.32 Å². The van der Waals surface area contributed by atoms with Crippen molar-refractivity contribution < 1.29 is 18.7 Å². The molecule has 0 radical (unpaired) electrons. The van der Waals surface area contributed by atoms with Crippen molar-refractivity contribution in [2.75, 3.05) is 19.8 Å². The van der Waals surface area contributed by atoms with Crippen LogP contribution in [0.25, 0.3) is 22.0 Å². The summed E-state index contributed by atoms with van der Waals surface area (Å²) in [5.41, 5.74) is 4.04. The van der Waals surface area contributed by atoms with Gasteiger partial charge in [-0.15, -0.1) is 0 Å². The number of amides is 1. The smallest absolute Gasteiger partial charge is 0.251 e. The number of pyridine rings is 1. The number of nitrogens with one attached hydrogen (secondary N) is 1. The molecule has 2 bridgehead atoms. The number of benzene rings is 2. The van der Waals surface area contributed by atoms with Crippen molar-refractivity contribution in [2.24, 2.45) is 23.7 Å². The Morgan fingerprint density at radius 3 is 2.50 bits per heavy atom. The molecule has 1 heterocycles. The summed E-state index contributed by atoms with van der Waals surface area (Å²) in [5, 5.41) is 3.73. The lowest BCUT2D eigenvalue weighted by Crippen LogP contribution is -2.51. The number of halogens is 1. The van der Waals surface area contributed by atoms with Gasteiger partial charge in [-0.05, 0) is 91.5 Å². The van der Waals surface area contributed by atoms with Gasteiger partial charge in [0.15, 0.2) is 5.78 Å². The molecule has 1 N–H and O–H groups in total. The molecule has 4 saturated carbocycles. The summed E-state index contributed by atoms with van der Waals surface area (Å²) in [4.78, 5) is 30.2. The van der Waals surface area contributed by atoms with E-state index >= 15 is 4.39 Å². The zero-order valence-corrected chi connectivity index (χ0v) is 22.0. The Hall–Kier alpha value is -3.12. The monoisotopic (exact) mass is 514 g/mol. The van der Waals surface area contributed by atoms with Crippen LogP contribution in [-0.2, 0) is 11.2 Å². The van der Waals surface area contributed by atoms with Crippen molar-refractivity contribution in [1.82, 2.24) is 10.3 Å². The molecule has 7 rings (SSSR count). The molecule has 0 aliphatic heterocycles. The number of nitrogens with zero attached hydrogens (tertiary/aromatic N) is 1. The van der Waals surface area contributed by atoms with E-state index in [1.165, 1.54) is 18.9 Å². The zero-order chi connectivity index (χ0) is 26.2. The Kier molecular flexibility index (Phi) is 7.00.